The van der Waals surface area contributed by atoms with Crippen molar-refractivity contribution >= 4 is 23.2 Å². The van der Waals surface area contributed by atoms with E-state index in [9.17, 15) is 5.11 Å². The first-order valence-electron chi connectivity index (χ1n) is 7.95. The predicted octanol–water partition coefficient (Wildman–Crippen LogP) is 4.17. The van der Waals surface area contributed by atoms with Gasteiger partial charge in [-0.2, -0.15) is 0 Å². The van der Waals surface area contributed by atoms with E-state index in [1.54, 1.807) is 12.5 Å². The molecule has 0 saturated heterocycles. The van der Waals surface area contributed by atoms with Gasteiger partial charge in [0.1, 0.15) is 0 Å². The van der Waals surface area contributed by atoms with Crippen LogP contribution >= 0.6 is 23.2 Å². The van der Waals surface area contributed by atoms with Gasteiger partial charge < -0.3 is 9.67 Å². The molecule has 3 rings (SSSR count). The van der Waals surface area contributed by atoms with Crippen molar-refractivity contribution in [1.82, 2.24) is 9.55 Å². The Morgan fingerprint density at radius 1 is 1.35 bits per heavy atom. The van der Waals surface area contributed by atoms with Gasteiger partial charge in [0.05, 0.1) is 18.5 Å². The number of aromatic nitrogens is 2. The Hall–Kier alpha value is -1.03. The van der Waals surface area contributed by atoms with E-state index in [2.05, 4.69) is 11.9 Å². The molecular formula is C18H22Cl2N2O. The average Bonchev–Trinajstić information content (AvgIpc) is 3.12. The number of alkyl halides is 1. The number of benzene rings is 1. The number of halogens is 2. The summed E-state index contributed by atoms with van der Waals surface area (Å²) in [5.41, 5.74) is 0.0487. The number of hydrogen-bond donors (Lipinski definition) is 1. The molecule has 23 heavy (non-hydrogen) atoms. The molecule has 1 aromatic carbocycles. The molecule has 1 saturated carbocycles. The minimum atomic E-state index is -0.852. The van der Waals surface area contributed by atoms with Crippen LogP contribution in [-0.2, 0) is 13.0 Å². The van der Waals surface area contributed by atoms with E-state index in [1.807, 2.05) is 35.0 Å². The summed E-state index contributed by atoms with van der Waals surface area (Å²) >= 11 is 12.2. The zero-order valence-electron chi connectivity index (χ0n) is 13.3. The first-order valence-corrected chi connectivity index (χ1v) is 8.87. The summed E-state index contributed by atoms with van der Waals surface area (Å²) in [7, 11) is 0. The van der Waals surface area contributed by atoms with Crippen LogP contribution in [-0.4, -0.2) is 26.1 Å². The molecule has 5 heteroatoms. The molecule has 0 spiro atoms. The van der Waals surface area contributed by atoms with Gasteiger partial charge in [-0.15, -0.1) is 11.6 Å². The Labute approximate surface area is 147 Å². The number of imidazole rings is 1. The van der Waals surface area contributed by atoms with E-state index in [4.69, 9.17) is 23.2 Å². The van der Waals surface area contributed by atoms with Crippen LogP contribution in [0.5, 0.6) is 0 Å². The maximum Gasteiger partial charge on any atom is 0.0946 e. The van der Waals surface area contributed by atoms with Crippen molar-refractivity contribution in [3.63, 3.8) is 0 Å². The maximum atomic E-state index is 11.6. The van der Waals surface area contributed by atoms with Crippen LogP contribution in [0, 0.1) is 11.3 Å². The van der Waals surface area contributed by atoms with Crippen molar-refractivity contribution in [2.45, 2.75) is 38.3 Å². The van der Waals surface area contributed by atoms with Crippen molar-refractivity contribution in [3.8, 4) is 0 Å². The third kappa shape index (κ3) is 3.15. The SMILES string of the molecule is CC1(CCl)CCC(Cc2ccc(Cl)cc2)C1(O)Cn1ccnc1. The molecule has 1 aromatic heterocycles. The second kappa shape index (κ2) is 6.46. The van der Waals surface area contributed by atoms with Gasteiger partial charge in [-0.3, -0.25) is 0 Å². The van der Waals surface area contributed by atoms with Crippen LogP contribution in [0.15, 0.2) is 43.0 Å². The first-order chi connectivity index (χ1) is 11.0. The van der Waals surface area contributed by atoms with Crippen molar-refractivity contribution in [3.05, 3.63) is 53.6 Å². The molecule has 0 aliphatic heterocycles. The van der Waals surface area contributed by atoms with Crippen molar-refractivity contribution < 1.29 is 5.11 Å². The predicted molar refractivity (Wildman–Crippen MR) is 93.9 cm³/mol. The summed E-state index contributed by atoms with van der Waals surface area (Å²) in [5.74, 6) is 0.616. The second-order valence-electron chi connectivity index (χ2n) is 6.92. The van der Waals surface area contributed by atoms with Gasteiger partial charge >= 0.3 is 0 Å². The molecule has 124 valence electrons. The molecule has 1 aliphatic rings. The lowest BCUT2D eigenvalue weighted by Crippen LogP contribution is -2.51. The van der Waals surface area contributed by atoms with E-state index in [-0.39, 0.29) is 11.3 Å². The van der Waals surface area contributed by atoms with Crippen molar-refractivity contribution in [1.29, 1.82) is 0 Å². The van der Waals surface area contributed by atoms with Gasteiger partial charge in [0.25, 0.3) is 0 Å². The number of nitrogens with zero attached hydrogens (tertiary/aromatic N) is 2. The van der Waals surface area contributed by atoms with E-state index in [0.717, 1.165) is 24.3 Å². The molecule has 0 amide bonds. The van der Waals surface area contributed by atoms with Crippen LogP contribution in [0.25, 0.3) is 0 Å². The molecule has 3 nitrogen and oxygen atoms in total. The lowest BCUT2D eigenvalue weighted by atomic mass is 9.72. The van der Waals surface area contributed by atoms with Crippen LogP contribution in [0.1, 0.15) is 25.3 Å². The highest BCUT2D eigenvalue weighted by molar-refractivity contribution is 6.30. The Morgan fingerprint density at radius 3 is 2.70 bits per heavy atom. The van der Waals surface area contributed by atoms with Gasteiger partial charge in [-0.1, -0.05) is 30.7 Å². The number of rotatable bonds is 5. The topological polar surface area (TPSA) is 38.0 Å². The zero-order valence-corrected chi connectivity index (χ0v) is 14.8. The van der Waals surface area contributed by atoms with Gasteiger partial charge in [0, 0.05) is 28.7 Å². The summed E-state index contributed by atoms with van der Waals surface area (Å²) in [6.07, 6.45) is 8.12. The Balaban J connectivity index is 1.87. The largest absolute Gasteiger partial charge is 0.387 e. The zero-order chi connectivity index (χ0) is 16.5. The lowest BCUT2D eigenvalue weighted by molar-refractivity contribution is -0.0869. The molecule has 1 fully saturated rings. The summed E-state index contributed by atoms with van der Waals surface area (Å²) in [4.78, 5) is 4.09. The maximum absolute atomic E-state index is 11.6. The molecule has 1 heterocycles. The highest BCUT2D eigenvalue weighted by Crippen LogP contribution is 2.52. The Morgan fingerprint density at radius 2 is 2.09 bits per heavy atom. The monoisotopic (exact) mass is 352 g/mol. The van der Waals surface area contributed by atoms with Gasteiger partial charge in [-0.05, 0) is 42.9 Å². The molecule has 1 N–H and O–H groups in total. The second-order valence-corrected chi connectivity index (χ2v) is 7.62. The van der Waals surface area contributed by atoms with E-state index < -0.39 is 5.60 Å². The summed E-state index contributed by atoms with van der Waals surface area (Å²) in [6.45, 7) is 2.62. The smallest absolute Gasteiger partial charge is 0.0946 e. The quantitative estimate of drug-likeness (QED) is 0.820. The van der Waals surface area contributed by atoms with E-state index in [0.29, 0.717) is 12.4 Å². The van der Waals surface area contributed by atoms with Crippen LogP contribution in [0.4, 0.5) is 0 Å². The highest BCUT2D eigenvalue weighted by Gasteiger charge is 2.56. The molecule has 3 atom stereocenters. The molecular weight excluding hydrogens is 331 g/mol. The number of hydrogen-bond acceptors (Lipinski definition) is 2. The third-order valence-electron chi connectivity index (χ3n) is 5.44. The summed E-state index contributed by atoms with van der Waals surface area (Å²) in [6, 6.07) is 7.88. The van der Waals surface area contributed by atoms with Crippen LogP contribution in [0.3, 0.4) is 0 Å². The molecule has 3 unspecified atom stereocenters. The fraction of sp³-hybridized carbons (Fsp3) is 0.500. The summed E-state index contributed by atoms with van der Waals surface area (Å²) in [5, 5.41) is 12.3. The third-order valence-corrected chi connectivity index (χ3v) is 6.28. The lowest BCUT2D eigenvalue weighted by Gasteiger charge is -2.42. The van der Waals surface area contributed by atoms with E-state index in [1.165, 1.54) is 5.56 Å². The molecule has 1 aliphatic carbocycles. The van der Waals surface area contributed by atoms with E-state index >= 15 is 0 Å². The average molecular weight is 353 g/mol. The molecule has 0 bridgehead atoms. The van der Waals surface area contributed by atoms with Gasteiger partial charge in [-0.25, -0.2) is 4.98 Å². The highest BCUT2D eigenvalue weighted by atomic mass is 35.5. The minimum Gasteiger partial charge on any atom is -0.387 e. The molecule has 0 radical (unpaired) electrons. The van der Waals surface area contributed by atoms with Crippen LogP contribution in [0.2, 0.25) is 5.02 Å². The van der Waals surface area contributed by atoms with Crippen LogP contribution < -0.4 is 0 Å². The molecule has 2 aromatic rings. The fourth-order valence-electron chi connectivity index (χ4n) is 3.78. The minimum absolute atomic E-state index is 0.162. The Bertz CT molecular complexity index is 644. The van der Waals surface area contributed by atoms with Crippen molar-refractivity contribution in [2.24, 2.45) is 11.3 Å². The van der Waals surface area contributed by atoms with Gasteiger partial charge in [0.2, 0.25) is 0 Å². The standard InChI is InChI=1S/C18H22Cl2N2O/c1-17(11-19)7-6-15(10-14-2-4-16(20)5-3-14)18(17,23)12-22-9-8-21-13-22/h2-5,8-9,13,15,23H,6-7,10-12H2,1H3. The van der Waals surface area contributed by atoms with Crippen molar-refractivity contribution in [2.75, 3.05) is 5.88 Å². The normalized spacial score (nSPS) is 30.7. The fourth-order valence-corrected chi connectivity index (χ4v) is 4.27. The Kier molecular flexibility index (Phi) is 4.73. The number of aliphatic hydroxyl groups is 1. The summed E-state index contributed by atoms with van der Waals surface area (Å²) < 4.78 is 1.95. The van der Waals surface area contributed by atoms with Gasteiger partial charge in [0.15, 0.2) is 0 Å². The first kappa shape index (κ1) is 16.8.